The number of likely N-dealkylation sites (tertiary alicyclic amines) is 1. The van der Waals surface area contributed by atoms with Crippen molar-refractivity contribution < 1.29 is 4.79 Å². The van der Waals surface area contributed by atoms with Crippen molar-refractivity contribution in [1.29, 1.82) is 0 Å². The van der Waals surface area contributed by atoms with Crippen molar-refractivity contribution in [3.05, 3.63) is 53.9 Å². The lowest BCUT2D eigenvalue weighted by Gasteiger charge is -2.26. The zero-order valence-electron chi connectivity index (χ0n) is 16.8. The second kappa shape index (κ2) is 8.78. The monoisotopic (exact) mass is 407 g/mol. The summed E-state index contributed by atoms with van der Waals surface area (Å²) >= 11 is 1.45. The van der Waals surface area contributed by atoms with Gasteiger partial charge < -0.3 is 4.90 Å². The summed E-state index contributed by atoms with van der Waals surface area (Å²) in [6, 6.07) is 10.2. The van der Waals surface area contributed by atoms with E-state index < -0.39 is 0 Å². The number of aryl methyl sites for hydroxylation is 2. The van der Waals surface area contributed by atoms with Gasteiger partial charge in [-0.15, -0.1) is 10.2 Å². The molecule has 0 unspecified atom stereocenters. The van der Waals surface area contributed by atoms with Gasteiger partial charge in [-0.1, -0.05) is 23.9 Å². The van der Waals surface area contributed by atoms with Gasteiger partial charge in [-0.25, -0.2) is 0 Å². The molecule has 1 saturated heterocycles. The van der Waals surface area contributed by atoms with Gasteiger partial charge in [0.15, 0.2) is 11.0 Å². The number of thioether (sulfide) groups is 1. The summed E-state index contributed by atoms with van der Waals surface area (Å²) < 4.78 is 2.05. The van der Waals surface area contributed by atoms with Gasteiger partial charge in [0.25, 0.3) is 0 Å². The maximum absolute atomic E-state index is 12.7. The molecule has 6 nitrogen and oxygen atoms in total. The van der Waals surface area contributed by atoms with Crippen LogP contribution < -0.4 is 0 Å². The molecule has 4 rings (SSSR count). The topological polar surface area (TPSA) is 63.9 Å². The van der Waals surface area contributed by atoms with Crippen LogP contribution in [-0.4, -0.2) is 49.4 Å². The average molecular weight is 408 g/mol. The molecule has 2 aromatic heterocycles. The number of carbonyl (C=O) groups is 1. The van der Waals surface area contributed by atoms with Gasteiger partial charge in [-0.05, 0) is 62.4 Å². The van der Waals surface area contributed by atoms with E-state index in [-0.39, 0.29) is 5.91 Å². The molecule has 0 aliphatic carbocycles. The summed E-state index contributed by atoms with van der Waals surface area (Å²) in [4.78, 5) is 18.9. The molecule has 1 amide bonds. The molecule has 1 aromatic carbocycles. The van der Waals surface area contributed by atoms with Gasteiger partial charge in [0.05, 0.1) is 11.4 Å². The lowest BCUT2D eigenvalue weighted by Crippen LogP contribution is -2.36. The Hall–Kier alpha value is -2.67. The molecule has 0 N–H and O–H groups in total. The summed E-state index contributed by atoms with van der Waals surface area (Å²) in [5.74, 6) is 1.28. The maximum Gasteiger partial charge on any atom is 0.233 e. The SMILES string of the molecule is Cc1ccc(C)c(-n2c(SCC(=O)N3CCCCC3)nnc2-c2cccnc2)c1. The number of amides is 1. The molecular formula is C22H25N5OS. The molecule has 0 radical (unpaired) electrons. The second-order valence-electron chi connectivity index (χ2n) is 7.40. The first-order valence-corrected chi connectivity index (χ1v) is 11.0. The quantitative estimate of drug-likeness (QED) is 0.597. The summed E-state index contributed by atoms with van der Waals surface area (Å²) in [7, 11) is 0. The minimum Gasteiger partial charge on any atom is -0.342 e. The van der Waals surface area contributed by atoms with Gasteiger partial charge in [-0.2, -0.15) is 0 Å². The summed E-state index contributed by atoms with van der Waals surface area (Å²) in [5, 5.41) is 9.61. The lowest BCUT2D eigenvalue weighted by atomic mass is 10.1. The fourth-order valence-electron chi connectivity index (χ4n) is 3.58. The molecule has 7 heteroatoms. The van der Waals surface area contributed by atoms with Crippen molar-refractivity contribution in [2.24, 2.45) is 0 Å². The predicted octanol–water partition coefficient (Wildman–Crippen LogP) is 4.05. The van der Waals surface area contributed by atoms with Gasteiger partial charge in [0, 0.05) is 31.0 Å². The Morgan fingerprint density at radius 1 is 1.10 bits per heavy atom. The third kappa shape index (κ3) is 4.34. The molecule has 1 fully saturated rings. The van der Waals surface area contributed by atoms with Crippen LogP contribution in [0.25, 0.3) is 17.1 Å². The highest BCUT2D eigenvalue weighted by molar-refractivity contribution is 7.99. The smallest absolute Gasteiger partial charge is 0.233 e. The van der Waals surface area contributed by atoms with E-state index in [2.05, 4.69) is 47.2 Å². The number of benzene rings is 1. The third-order valence-corrected chi connectivity index (χ3v) is 6.11. The number of piperidine rings is 1. The number of hydrogen-bond donors (Lipinski definition) is 0. The van der Waals surface area contributed by atoms with Crippen molar-refractivity contribution >= 4 is 17.7 Å². The minimum atomic E-state index is 0.174. The largest absolute Gasteiger partial charge is 0.342 e. The van der Waals surface area contributed by atoms with Crippen LogP contribution >= 0.6 is 11.8 Å². The molecule has 29 heavy (non-hydrogen) atoms. The molecule has 0 spiro atoms. The second-order valence-corrected chi connectivity index (χ2v) is 8.35. The Labute approximate surface area is 175 Å². The van der Waals surface area contributed by atoms with Crippen molar-refractivity contribution in [3.8, 4) is 17.1 Å². The molecule has 3 aromatic rings. The minimum absolute atomic E-state index is 0.174. The fraction of sp³-hybridized carbons (Fsp3) is 0.364. The Morgan fingerprint density at radius 2 is 1.93 bits per heavy atom. The van der Waals surface area contributed by atoms with E-state index in [1.807, 2.05) is 21.6 Å². The van der Waals surface area contributed by atoms with Crippen molar-refractivity contribution in [2.75, 3.05) is 18.8 Å². The van der Waals surface area contributed by atoms with Crippen LogP contribution in [0.1, 0.15) is 30.4 Å². The highest BCUT2D eigenvalue weighted by Gasteiger charge is 2.21. The summed E-state index contributed by atoms with van der Waals surface area (Å²) in [5.41, 5.74) is 4.22. The number of hydrogen-bond acceptors (Lipinski definition) is 5. The van der Waals surface area contributed by atoms with Crippen molar-refractivity contribution in [1.82, 2.24) is 24.6 Å². The zero-order chi connectivity index (χ0) is 20.2. The van der Waals surface area contributed by atoms with Crippen LogP contribution in [0.3, 0.4) is 0 Å². The Kier molecular flexibility index (Phi) is 5.94. The molecule has 1 aliphatic heterocycles. The van der Waals surface area contributed by atoms with E-state index in [0.29, 0.717) is 5.75 Å². The first kappa shape index (κ1) is 19.6. The van der Waals surface area contributed by atoms with Crippen LogP contribution in [-0.2, 0) is 4.79 Å². The Bertz CT molecular complexity index is 996. The van der Waals surface area contributed by atoms with Crippen LogP contribution in [0.5, 0.6) is 0 Å². The van der Waals surface area contributed by atoms with E-state index >= 15 is 0 Å². The third-order valence-electron chi connectivity index (χ3n) is 5.19. The molecule has 0 atom stereocenters. The van der Waals surface area contributed by atoms with Gasteiger partial charge in [0.2, 0.25) is 5.91 Å². The zero-order valence-corrected chi connectivity index (χ0v) is 17.7. The van der Waals surface area contributed by atoms with Gasteiger partial charge >= 0.3 is 0 Å². The van der Waals surface area contributed by atoms with Crippen molar-refractivity contribution in [3.63, 3.8) is 0 Å². The van der Waals surface area contributed by atoms with Crippen LogP contribution in [0.2, 0.25) is 0 Å². The van der Waals surface area contributed by atoms with Gasteiger partial charge in [-0.3, -0.25) is 14.3 Å². The number of nitrogens with zero attached hydrogens (tertiary/aromatic N) is 5. The Morgan fingerprint density at radius 3 is 2.69 bits per heavy atom. The molecule has 3 heterocycles. The summed E-state index contributed by atoms with van der Waals surface area (Å²) in [6.45, 7) is 5.88. The molecule has 0 saturated carbocycles. The highest BCUT2D eigenvalue weighted by Crippen LogP contribution is 2.30. The molecule has 0 bridgehead atoms. The van der Waals surface area contributed by atoms with E-state index in [1.165, 1.54) is 18.2 Å². The molecule has 1 aliphatic rings. The number of pyridine rings is 1. The average Bonchev–Trinajstić information content (AvgIpc) is 3.18. The molecule has 150 valence electrons. The van der Waals surface area contributed by atoms with E-state index in [1.54, 1.807) is 12.4 Å². The summed E-state index contributed by atoms with van der Waals surface area (Å²) in [6.07, 6.45) is 6.95. The standard InChI is InChI=1S/C22H25N5OS/c1-16-8-9-17(2)19(13-16)27-21(18-7-6-10-23-14-18)24-25-22(27)29-15-20(28)26-11-4-3-5-12-26/h6-10,13-14H,3-5,11-12,15H2,1-2H3. The number of rotatable bonds is 5. The van der Waals surface area contributed by atoms with Crippen molar-refractivity contribution in [2.45, 2.75) is 38.3 Å². The van der Waals surface area contributed by atoms with E-state index in [0.717, 1.165) is 59.3 Å². The van der Waals surface area contributed by atoms with Gasteiger partial charge in [0.1, 0.15) is 0 Å². The van der Waals surface area contributed by atoms with E-state index in [9.17, 15) is 4.79 Å². The van der Waals surface area contributed by atoms with Crippen LogP contribution in [0.4, 0.5) is 0 Å². The van der Waals surface area contributed by atoms with E-state index in [4.69, 9.17) is 0 Å². The molecular weight excluding hydrogens is 382 g/mol. The lowest BCUT2D eigenvalue weighted by molar-refractivity contribution is -0.129. The number of carbonyl (C=O) groups excluding carboxylic acids is 1. The normalized spacial score (nSPS) is 14.2. The Balaban J connectivity index is 1.68. The highest BCUT2D eigenvalue weighted by atomic mass is 32.2. The first-order chi connectivity index (χ1) is 14.1. The number of aromatic nitrogens is 4. The fourth-order valence-corrected chi connectivity index (χ4v) is 4.43. The van der Waals surface area contributed by atoms with Crippen LogP contribution in [0.15, 0.2) is 47.9 Å². The predicted molar refractivity (Wildman–Crippen MR) is 115 cm³/mol. The first-order valence-electron chi connectivity index (χ1n) is 9.97. The maximum atomic E-state index is 12.7. The van der Waals surface area contributed by atoms with Crippen LogP contribution in [0, 0.1) is 13.8 Å².